The van der Waals surface area contributed by atoms with E-state index >= 15 is 0 Å². The SMILES string of the molecule is CCN(CC)C1(C)C=CC=CC1CCCS. The van der Waals surface area contributed by atoms with Gasteiger partial charge in [-0.1, -0.05) is 38.2 Å². The summed E-state index contributed by atoms with van der Waals surface area (Å²) < 4.78 is 0. The lowest BCUT2D eigenvalue weighted by Crippen LogP contribution is -2.50. The fourth-order valence-corrected chi connectivity index (χ4v) is 2.89. The highest BCUT2D eigenvalue weighted by Gasteiger charge is 2.35. The van der Waals surface area contributed by atoms with Crippen molar-refractivity contribution in [2.45, 2.75) is 39.2 Å². The lowest BCUT2D eigenvalue weighted by Gasteiger charge is -2.44. The van der Waals surface area contributed by atoms with Crippen LogP contribution in [0.1, 0.15) is 33.6 Å². The minimum atomic E-state index is 0.196. The predicted octanol–water partition coefficient (Wildman–Crippen LogP) is 3.54. The first-order chi connectivity index (χ1) is 7.69. The van der Waals surface area contributed by atoms with Crippen LogP contribution in [0.4, 0.5) is 0 Å². The maximum atomic E-state index is 4.32. The molecule has 0 saturated carbocycles. The van der Waals surface area contributed by atoms with Gasteiger partial charge in [-0.3, -0.25) is 4.90 Å². The molecule has 1 nitrogen and oxygen atoms in total. The first-order valence-corrected chi connectivity index (χ1v) is 7.04. The number of likely N-dealkylation sites (N-methyl/N-ethyl adjacent to an activating group) is 1. The summed E-state index contributed by atoms with van der Waals surface area (Å²) in [5.74, 6) is 1.62. The van der Waals surface area contributed by atoms with Crippen LogP contribution < -0.4 is 0 Å². The third-order valence-corrected chi connectivity index (χ3v) is 4.07. The summed E-state index contributed by atoms with van der Waals surface area (Å²) in [7, 11) is 0. The number of rotatable bonds is 6. The largest absolute Gasteiger partial charge is 0.294 e. The molecule has 2 unspecified atom stereocenters. The molecule has 0 bridgehead atoms. The summed E-state index contributed by atoms with van der Waals surface area (Å²) in [6.45, 7) is 9.08. The Morgan fingerprint density at radius 3 is 2.50 bits per heavy atom. The Kier molecular flexibility index (Phi) is 5.63. The Morgan fingerprint density at radius 1 is 1.25 bits per heavy atom. The van der Waals surface area contributed by atoms with Crippen molar-refractivity contribution < 1.29 is 0 Å². The van der Waals surface area contributed by atoms with E-state index in [4.69, 9.17) is 0 Å². The van der Waals surface area contributed by atoms with Gasteiger partial charge in [-0.15, -0.1) is 0 Å². The van der Waals surface area contributed by atoms with E-state index < -0.39 is 0 Å². The maximum absolute atomic E-state index is 4.32. The molecule has 92 valence electrons. The van der Waals surface area contributed by atoms with Gasteiger partial charge in [-0.05, 0) is 44.5 Å². The zero-order chi connectivity index (χ0) is 12.0. The summed E-state index contributed by atoms with van der Waals surface area (Å²) in [4.78, 5) is 2.55. The fraction of sp³-hybridized carbons (Fsp3) is 0.714. The lowest BCUT2D eigenvalue weighted by atomic mass is 9.78. The molecule has 1 rings (SSSR count). The highest BCUT2D eigenvalue weighted by molar-refractivity contribution is 7.80. The van der Waals surface area contributed by atoms with E-state index in [-0.39, 0.29) is 5.54 Å². The van der Waals surface area contributed by atoms with Gasteiger partial charge in [-0.25, -0.2) is 0 Å². The molecule has 0 aromatic rings. The van der Waals surface area contributed by atoms with Crippen LogP contribution in [0.5, 0.6) is 0 Å². The predicted molar refractivity (Wildman–Crippen MR) is 76.2 cm³/mol. The molecule has 0 aliphatic heterocycles. The van der Waals surface area contributed by atoms with Gasteiger partial charge in [0.1, 0.15) is 0 Å². The van der Waals surface area contributed by atoms with E-state index in [1.54, 1.807) is 0 Å². The molecule has 1 aliphatic carbocycles. The summed E-state index contributed by atoms with van der Waals surface area (Å²) in [5.41, 5.74) is 0.196. The Morgan fingerprint density at radius 2 is 1.94 bits per heavy atom. The van der Waals surface area contributed by atoms with Gasteiger partial charge >= 0.3 is 0 Å². The summed E-state index contributed by atoms with van der Waals surface area (Å²) in [5, 5.41) is 0. The second-order valence-corrected chi connectivity index (χ2v) is 5.06. The van der Waals surface area contributed by atoms with Gasteiger partial charge in [-0.2, -0.15) is 12.6 Å². The minimum Gasteiger partial charge on any atom is -0.294 e. The van der Waals surface area contributed by atoms with Crippen molar-refractivity contribution in [1.82, 2.24) is 4.90 Å². The normalized spacial score (nSPS) is 28.9. The summed E-state index contributed by atoms with van der Waals surface area (Å²) >= 11 is 4.32. The van der Waals surface area contributed by atoms with Crippen LogP contribution in [-0.2, 0) is 0 Å². The average Bonchev–Trinajstić information content (AvgIpc) is 2.29. The monoisotopic (exact) mass is 239 g/mol. The van der Waals surface area contributed by atoms with E-state index in [0.717, 1.165) is 18.8 Å². The number of allylic oxidation sites excluding steroid dienone is 2. The highest BCUT2D eigenvalue weighted by atomic mass is 32.1. The lowest BCUT2D eigenvalue weighted by molar-refractivity contribution is 0.114. The molecule has 0 N–H and O–H groups in total. The molecule has 0 spiro atoms. The van der Waals surface area contributed by atoms with E-state index in [1.165, 1.54) is 12.8 Å². The second kappa shape index (κ2) is 6.51. The molecule has 0 aromatic carbocycles. The molecule has 2 atom stereocenters. The number of thiol groups is 1. The maximum Gasteiger partial charge on any atom is 0.0428 e. The Bertz CT molecular complexity index is 255. The summed E-state index contributed by atoms with van der Waals surface area (Å²) in [6.07, 6.45) is 11.5. The van der Waals surface area contributed by atoms with Crippen LogP contribution in [0.25, 0.3) is 0 Å². The van der Waals surface area contributed by atoms with Gasteiger partial charge in [0.2, 0.25) is 0 Å². The van der Waals surface area contributed by atoms with Crippen LogP contribution in [0.15, 0.2) is 24.3 Å². The summed E-state index contributed by atoms with van der Waals surface area (Å²) in [6, 6.07) is 0. The van der Waals surface area contributed by atoms with Crippen LogP contribution in [0, 0.1) is 5.92 Å². The molecule has 1 aliphatic rings. The van der Waals surface area contributed by atoms with Crippen molar-refractivity contribution in [3.8, 4) is 0 Å². The Hall–Kier alpha value is -0.210. The van der Waals surface area contributed by atoms with Gasteiger partial charge in [0.15, 0.2) is 0 Å². The van der Waals surface area contributed by atoms with E-state index in [0.29, 0.717) is 5.92 Å². The molecule has 0 heterocycles. The van der Waals surface area contributed by atoms with Crippen molar-refractivity contribution >= 4 is 12.6 Å². The molecule has 16 heavy (non-hydrogen) atoms. The van der Waals surface area contributed by atoms with Gasteiger partial charge in [0.25, 0.3) is 0 Å². The first-order valence-electron chi connectivity index (χ1n) is 6.41. The van der Waals surface area contributed by atoms with Gasteiger partial charge in [0, 0.05) is 5.54 Å². The van der Waals surface area contributed by atoms with Crippen molar-refractivity contribution in [3.63, 3.8) is 0 Å². The van der Waals surface area contributed by atoms with Gasteiger partial charge < -0.3 is 0 Å². The topological polar surface area (TPSA) is 3.24 Å². The minimum absolute atomic E-state index is 0.196. The van der Waals surface area contributed by atoms with Gasteiger partial charge in [0.05, 0.1) is 0 Å². The molecule has 0 saturated heterocycles. The third-order valence-electron chi connectivity index (χ3n) is 3.76. The van der Waals surface area contributed by atoms with Crippen molar-refractivity contribution in [2.24, 2.45) is 5.92 Å². The van der Waals surface area contributed by atoms with Crippen LogP contribution in [0.2, 0.25) is 0 Å². The molecule has 2 heteroatoms. The number of hydrogen-bond acceptors (Lipinski definition) is 2. The van der Waals surface area contributed by atoms with E-state index in [2.05, 4.69) is 62.6 Å². The van der Waals surface area contributed by atoms with Crippen molar-refractivity contribution in [1.29, 1.82) is 0 Å². The van der Waals surface area contributed by atoms with Crippen molar-refractivity contribution in [2.75, 3.05) is 18.8 Å². The Balaban J connectivity index is 2.79. The smallest absolute Gasteiger partial charge is 0.0428 e. The quantitative estimate of drug-likeness (QED) is 0.694. The first kappa shape index (κ1) is 13.9. The van der Waals surface area contributed by atoms with Crippen LogP contribution >= 0.6 is 12.6 Å². The fourth-order valence-electron chi connectivity index (χ4n) is 2.71. The third kappa shape index (κ3) is 2.92. The second-order valence-electron chi connectivity index (χ2n) is 4.61. The van der Waals surface area contributed by atoms with E-state index in [1.807, 2.05) is 0 Å². The molecule has 0 aromatic heterocycles. The molecule has 0 radical (unpaired) electrons. The van der Waals surface area contributed by atoms with E-state index in [9.17, 15) is 0 Å². The molecule has 0 amide bonds. The highest BCUT2D eigenvalue weighted by Crippen LogP contribution is 2.33. The molecule has 0 fully saturated rings. The number of hydrogen-bond donors (Lipinski definition) is 1. The number of nitrogens with zero attached hydrogens (tertiary/aromatic N) is 1. The Labute approximate surface area is 106 Å². The van der Waals surface area contributed by atoms with Crippen LogP contribution in [-0.4, -0.2) is 29.3 Å². The zero-order valence-electron chi connectivity index (χ0n) is 10.8. The van der Waals surface area contributed by atoms with Crippen molar-refractivity contribution in [3.05, 3.63) is 24.3 Å². The molecular weight excluding hydrogens is 214 g/mol. The standard InChI is InChI=1S/C14H25NS/c1-4-15(5-2)14(3)11-7-6-9-13(14)10-8-12-16/h6-7,9,11,13,16H,4-5,8,10,12H2,1-3H3. The van der Waals surface area contributed by atoms with Crippen LogP contribution in [0.3, 0.4) is 0 Å². The molecular formula is C14H25NS. The average molecular weight is 239 g/mol. The zero-order valence-corrected chi connectivity index (χ0v) is 11.7.